The van der Waals surface area contributed by atoms with E-state index in [4.69, 9.17) is 4.74 Å². The molecule has 3 rings (SSSR count). The van der Waals surface area contributed by atoms with E-state index in [1.807, 2.05) is 19.1 Å². The first kappa shape index (κ1) is 16.2. The van der Waals surface area contributed by atoms with Gasteiger partial charge in [0.25, 0.3) is 5.91 Å². The third-order valence-corrected chi connectivity index (χ3v) is 4.17. The Morgan fingerprint density at radius 3 is 2.83 bits per heavy atom. The number of rotatable bonds is 3. The summed E-state index contributed by atoms with van der Waals surface area (Å²) in [5, 5.41) is 4.28. The second kappa shape index (κ2) is 6.83. The molecule has 24 heavy (non-hydrogen) atoms. The zero-order valence-electron chi connectivity index (χ0n) is 13.7. The van der Waals surface area contributed by atoms with E-state index in [1.165, 1.54) is 23.8 Å². The van der Waals surface area contributed by atoms with Gasteiger partial charge in [0, 0.05) is 11.1 Å². The monoisotopic (exact) mass is 326 g/mol. The smallest absolute Gasteiger partial charge is 0.271 e. The quantitative estimate of drug-likeness (QED) is 0.876. The van der Waals surface area contributed by atoms with Crippen LogP contribution in [0.25, 0.3) is 0 Å². The number of halogens is 1. The van der Waals surface area contributed by atoms with Crippen molar-refractivity contribution in [1.29, 1.82) is 0 Å². The Hall–Kier alpha value is -2.69. The number of carbonyl (C=O) groups excluding carboxylic acids is 1. The second-order valence-electron chi connectivity index (χ2n) is 5.84. The van der Waals surface area contributed by atoms with Crippen molar-refractivity contribution in [2.75, 3.05) is 7.11 Å². The first-order valence-electron chi connectivity index (χ1n) is 7.89. The fraction of sp³-hybridized carbons (Fsp3) is 0.263. The molecule has 1 N–H and O–H groups in total. The molecule has 1 aliphatic carbocycles. The average Bonchev–Trinajstić information content (AvgIpc) is 2.59. The predicted octanol–water partition coefficient (Wildman–Crippen LogP) is 3.61. The zero-order valence-corrected chi connectivity index (χ0v) is 13.7. The molecule has 0 atom stereocenters. The van der Waals surface area contributed by atoms with E-state index in [0.717, 1.165) is 41.9 Å². The van der Waals surface area contributed by atoms with Gasteiger partial charge in [-0.2, -0.15) is 5.10 Å². The van der Waals surface area contributed by atoms with Crippen LogP contribution in [0.2, 0.25) is 0 Å². The maximum Gasteiger partial charge on any atom is 0.271 e. The lowest BCUT2D eigenvalue weighted by molar-refractivity contribution is 0.0954. The first-order chi connectivity index (χ1) is 11.6. The highest BCUT2D eigenvalue weighted by molar-refractivity contribution is 6.04. The molecule has 0 aromatic heterocycles. The number of amides is 1. The number of hydrogen-bond acceptors (Lipinski definition) is 3. The Kier molecular flexibility index (Phi) is 4.60. The highest BCUT2D eigenvalue weighted by Gasteiger charge is 2.18. The van der Waals surface area contributed by atoms with E-state index >= 15 is 0 Å². The van der Waals surface area contributed by atoms with Crippen molar-refractivity contribution >= 4 is 11.6 Å². The van der Waals surface area contributed by atoms with Gasteiger partial charge >= 0.3 is 0 Å². The van der Waals surface area contributed by atoms with Crippen molar-refractivity contribution in [3.8, 4) is 5.75 Å². The topological polar surface area (TPSA) is 50.7 Å². The molecule has 1 amide bonds. The minimum Gasteiger partial charge on any atom is -0.496 e. The van der Waals surface area contributed by atoms with Gasteiger partial charge in [-0.05, 0) is 67.6 Å². The number of hydrazone groups is 1. The van der Waals surface area contributed by atoms with Crippen molar-refractivity contribution in [1.82, 2.24) is 5.43 Å². The highest BCUT2D eigenvalue weighted by Crippen LogP contribution is 2.28. The summed E-state index contributed by atoms with van der Waals surface area (Å²) in [7, 11) is 1.66. The molecular formula is C19H19FN2O2. The molecule has 0 radical (unpaired) electrons. The molecule has 0 unspecified atom stereocenters. The third kappa shape index (κ3) is 3.30. The van der Waals surface area contributed by atoms with E-state index in [2.05, 4.69) is 10.5 Å². The zero-order chi connectivity index (χ0) is 17.1. The molecule has 5 heteroatoms. The number of hydrogen-bond donors (Lipinski definition) is 1. The fourth-order valence-corrected chi connectivity index (χ4v) is 2.94. The number of aryl methyl sites for hydroxylation is 2. The molecule has 2 aromatic carbocycles. The average molecular weight is 326 g/mol. The van der Waals surface area contributed by atoms with E-state index in [0.29, 0.717) is 0 Å². The number of methoxy groups -OCH3 is 1. The Morgan fingerprint density at radius 1 is 1.25 bits per heavy atom. The maximum absolute atomic E-state index is 13.2. The van der Waals surface area contributed by atoms with E-state index in [9.17, 15) is 9.18 Å². The van der Waals surface area contributed by atoms with Gasteiger partial charge in [-0.3, -0.25) is 4.79 Å². The van der Waals surface area contributed by atoms with Gasteiger partial charge in [0.15, 0.2) is 0 Å². The molecule has 0 heterocycles. The summed E-state index contributed by atoms with van der Waals surface area (Å²) in [5.41, 5.74) is 6.87. The molecule has 1 aliphatic rings. The van der Waals surface area contributed by atoms with Crippen LogP contribution in [0.15, 0.2) is 41.5 Å². The largest absolute Gasteiger partial charge is 0.496 e. The summed E-state index contributed by atoms with van der Waals surface area (Å²) in [6, 6.07) is 9.63. The van der Waals surface area contributed by atoms with Gasteiger partial charge < -0.3 is 4.74 Å². The van der Waals surface area contributed by atoms with Crippen molar-refractivity contribution in [3.05, 3.63) is 64.5 Å². The number of ether oxygens (including phenoxy) is 1. The normalized spacial score (nSPS) is 15.0. The molecular weight excluding hydrogens is 307 g/mol. The van der Waals surface area contributed by atoms with E-state index in [1.54, 1.807) is 13.2 Å². The lowest BCUT2D eigenvalue weighted by atomic mass is 9.88. The molecule has 0 bridgehead atoms. The van der Waals surface area contributed by atoms with Crippen LogP contribution in [-0.4, -0.2) is 18.7 Å². The van der Waals surface area contributed by atoms with Crippen molar-refractivity contribution in [2.24, 2.45) is 5.10 Å². The van der Waals surface area contributed by atoms with Gasteiger partial charge in [-0.15, -0.1) is 0 Å². The lowest BCUT2D eigenvalue weighted by Gasteiger charge is -2.20. The van der Waals surface area contributed by atoms with Crippen LogP contribution in [0.1, 0.15) is 39.9 Å². The number of nitrogens with one attached hydrogen (secondary N) is 1. The molecule has 124 valence electrons. The Balaban J connectivity index is 1.85. The number of carbonyl (C=O) groups is 1. The standard InChI is InChI=1S/C19H19FN2O2/c1-12-9-16-13(11-18(12)24-2)5-4-8-17(16)21-22-19(23)14-6-3-7-15(20)10-14/h3,6-7,9-11H,4-5,8H2,1-2H3,(H,22,23)/b21-17+. The van der Waals surface area contributed by atoms with Gasteiger partial charge in [0.05, 0.1) is 12.8 Å². The van der Waals surface area contributed by atoms with Gasteiger partial charge in [0.1, 0.15) is 11.6 Å². The third-order valence-electron chi connectivity index (χ3n) is 4.17. The molecule has 2 aromatic rings. The second-order valence-corrected chi connectivity index (χ2v) is 5.84. The molecule has 4 nitrogen and oxygen atoms in total. The van der Waals surface area contributed by atoms with Gasteiger partial charge in [0.2, 0.25) is 0 Å². The molecule has 0 aliphatic heterocycles. The van der Waals surface area contributed by atoms with Crippen molar-refractivity contribution in [3.63, 3.8) is 0 Å². The SMILES string of the molecule is COc1cc2c(cc1C)/C(=N/NC(=O)c1cccc(F)c1)CCC2. The minimum absolute atomic E-state index is 0.251. The van der Waals surface area contributed by atoms with Gasteiger partial charge in [-0.1, -0.05) is 6.07 Å². The lowest BCUT2D eigenvalue weighted by Crippen LogP contribution is -2.22. The Morgan fingerprint density at radius 2 is 2.08 bits per heavy atom. The van der Waals surface area contributed by atoms with Crippen LogP contribution in [0.3, 0.4) is 0 Å². The number of fused-ring (bicyclic) bond motifs is 1. The predicted molar refractivity (Wildman–Crippen MR) is 91.1 cm³/mol. The van der Waals surface area contributed by atoms with Crippen LogP contribution in [-0.2, 0) is 6.42 Å². The van der Waals surface area contributed by atoms with Crippen molar-refractivity contribution < 1.29 is 13.9 Å². The van der Waals surface area contributed by atoms with Crippen LogP contribution < -0.4 is 10.2 Å². The Labute approximate surface area is 140 Å². The maximum atomic E-state index is 13.2. The molecule has 0 fully saturated rings. The summed E-state index contributed by atoms with van der Waals surface area (Å²) >= 11 is 0. The van der Waals surface area contributed by atoms with Crippen molar-refractivity contribution in [2.45, 2.75) is 26.2 Å². The summed E-state index contributed by atoms with van der Waals surface area (Å²) in [6.07, 6.45) is 2.72. The highest BCUT2D eigenvalue weighted by atomic mass is 19.1. The fourth-order valence-electron chi connectivity index (χ4n) is 2.94. The molecule has 0 saturated heterocycles. The summed E-state index contributed by atoms with van der Waals surface area (Å²) < 4.78 is 18.6. The van der Waals surface area contributed by atoms with E-state index < -0.39 is 11.7 Å². The summed E-state index contributed by atoms with van der Waals surface area (Å²) in [6.45, 7) is 1.98. The van der Waals surface area contributed by atoms with Crippen LogP contribution in [0, 0.1) is 12.7 Å². The van der Waals surface area contributed by atoms with Gasteiger partial charge in [-0.25, -0.2) is 9.82 Å². The minimum atomic E-state index is -0.443. The number of nitrogens with zero attached hydrogens (tertiary/aromatic N) is 1. The Bertz CT molecular complexity index is 815. The van der Waals surface area contributed by atoms with E-state index in [-0.39, 0.29) is 5.56 Å². The van der Waals surface area contributed by atoms with Crippen LogP contribution in [0.5, 0.6) is 5.75 Å². The first-order valence-corrected chi connectivity index (χ1v) is 7.89. The molecule has 0 spiro atoms. The summed E-state index contributed by atoms with van der Waals surface area (Å²) in [4.78, 5) is 12.1. The van der Waals surface area contributed by atoms with Crippen LogP contribution in [0.4, 0.5) is 4.39 Å². The number of benzene rings is 2. The molecule has 0 saturated carbocycles. The van der Waals surface area contributed by atoms with Crippen LogP contribution >= 0.6 is 0 Å². The summed E-state index contributed by atoms with van der Waals surface area (Å²) in [5.74, 6) is -0.000752.